The fourth-order valence-electron chi connectivity index (χ4n) is 3.55. The number of esters is 1. The largest absolute Gasteiger partial charge is 0.462 e. The third-order valence-corrected chi connectivity index (χ3v) is 6.29. The van der Waals surface area contributed by atoms with Gasteiger partial charge < -0.3 is 15.0 Å². The molecule has 2 heterocycles. The molecule has 2 aromatic carbocycles. The number of aryl methyl sites for hydroxylation is 1. The second kappa shape index (κ2) is 9.00. The second-order valence-corrected chi connectivity index (χ2v) is 8.57. The maximum Gasteiger partial charge on any atom is 0.350 e. The van der Waals surface area contributed by atoms with Gasteiger partial charge in [0.05, 0.1) is 6.61 Å². The van der Waals surface area contributed by atoms with Gasteiger partial charge in [-0.3, -0.25) is 4.40 Å². The SMILES string of the molecule is CCOC(=O)c1sc2nc(-c3ccc(N(C)C)cc3)c(NCc3cccc(F)c3)n2c1C. The number of hydrogen-bond acceptors (Lipinski definition) is 6. The predicted molar refractivity (Wildman–Crippen MR) is 127 cm³/mol. The van der Waals surface area contributed by atoms with Gasteiger partial charge in [0.15, 0.2) is 4.96 Å². The lowest BCUT2D eigenvalue weighted by Crippen LogP contribution is -2.08. The number of rotatable bonds is 7. The first-order valence-electron chi connectivity index (χ1n) is 10.3. The Morgan fingerprint density at radius 3 is 2.62 bits per heavy atom. The molecular weight excluding hydrogens is 427 g/mol. The Kier molecular flexibility index (Phi) is 6.14. The summed E-state index contributed by atoms with van der Waals surface area (Å²) in [6.45, 7) is 4.39. The standard InChI is InChI=1S/C24H25FN4O2S/c1-5-31-23(30)21-15(2)29-22(26-14-16-7-6-8-18(25)13-16)20(27-24(29)32-21)17-9-11-19(12-10-17)28(3)4/h6-13,26H,5,14H2,1-4H3. The van der Waals surface area contributed by atoms with E-state index < -0.39 is 0 Å². The molecule has 0 aliphatic rings. The van der Waals surface area contributed by atoms with E-state index in [4.69, 9.17) is 9.72 Å². The molecule has 0 radical (unpaired) electrons. The average Bonchev–Trinajstić information content (AvgIpc) is 3.29. The topological polar surface area (TPSA) is 58.9 Å². The number of nitrogens with one attached hydrogen (secondary N) is 1. The van der Waals surface area contributed by atoms with E-state index in [0.29, 0.717) is 23.0 Å². The van der Waals surface area contributed by atoms with Crippen LogP contribution in [-0.2, 0) is 11.3 Å². The van der Waals surface area contributed by atoms with Gasteiger partial charge in [-0.05, 0) is 43.7 Å². The molecule has 166 valence electrons. The zero-order valence-electron chi connectivity index (χ0n) is 18.5. The van der Waals surface area contributed by atoms with Crippen LogP contribution in [-0.4, -0.2) is 36.1 Å². The third-order valence-electron chi connectivity index (χ3n) is 5.17. The van der Waals surface area contributed by atoms with Crippen LogP contribution in [0.3, 0.4) is 0 Å². The number of ether oxygens (including phenoxy) is 1. The maximum atomic E-state index is 13.7. The number of imidazole rings is 1. The minimum absolute atomic E-state index is 0.279. The Morgan fingerprint density at radius 2 is 1.97 bits per heavy atom. The van der Waals surface area contributed by atoms with Crippen LogP contribution in [0.15, 0.2) is 48.5 Å². The van der Waals surface area contributed by atoms with E-state index in [-0.39, 0.29) is 11.8 Å². The van der Waals surface area contributed by atoms with Gasteiger partial charge in [0.1, 0.15) is 22.2 Å². The quantitative estimate of drug-likeness (QED) is 0.382. The third kappa shape index (κ3) is 4.18. The zero-order valence-corrected chi connectivity index (χ0v) is 19.3. The minimum atomic E-state index is -0.353. The molecule has 0 fully saturated rings. The summed E-state index contributed by atoms with van der Waals surface area (Å²) in [5.74, 6) is 0.123. The maximum absolute atomic E-state index is 13.7. The molecular formula is C24H25FN4O2S. The van der Waals surface area contributed by atoms with E-state index in [1.807, 2.05) is 60.7 Å². The van der Waals surface area contributed by atoms with Gasteiger partial charge in [0.25, 0.3) is 0 Å². The van der Waals surface area contributed by atoms with Crippen molar-refractivity contribution in [3.8, 4) is 11.3 Å². The van der Waals surface area contributed by atoms with E-state index in [2.05, 4.69) is 5.32 Å². The van der Waals surface area contributed by atoms with Gasteiger partial charge >= 0.3 is 5.97 Å². The number of carbonyl (C=O) groups is 1. The van der Waals surface area contributed by atoms with Crippen LogP contribution in [0.2, 0.25) is 0 Å². The van der Waals surface area contributed by atoms with E-state index in [1.54, 1.807) is 13.0 Å². The van der Waals surface area contributed by atoms with E-state index >= 15 is 0 Å². The summed E-state index contributed by atoms with van der Waals surface area (Å²) >= 11 is 1.30. The number of benzene rings is 2. The Labute approximate surface area is 190 Å². The van der Waals surface area contributed by atoms with Crippen LogP contribution < -0.4 is 10.2 Å². The Bertz CT molecular complexity index is 1260. The lowest BCUT2D eigenvalue weighted by atomic mass is 10.1. The van der Waals surface area contributed by atoms with Crippen molar-refractivity contribution in [2.24, 2.45) is 0 Å². The molecule has 0 saturated heterocycles. The average molecular weight is 453 g/mol. The Morgan fingerprint density at radius 1 is 1.22 bits per heavy atom. The summed E-state index contributed by atoms with van der Waals surface area (Å²) in [4.78, 5) is 20.5. The molecule has 0 aliphatic heterocycles. The van der Waals surface area contributed by atoms with Crippen molar-refractivity contribution in [1.82, 2.24) is 9.38 Å². The highest BCUT2D eigenvalue weighted by molar-refractivity contribution is 7.19. The summed E-state index contributed by atoms with van der Waals surface area (Å²) in [6, 6.07) is 14.6. The number of hydrogen-bond donors (Lipinski definition) is 1. The van der Waals surface area contributed by atoms with Gasteiger partial charge in [-0.25, -0.2) is 14.2 Å². The smallest absolute Gasteiger partial charge is 0.350 e. The van der Waals surface area contributed by atoms with Crippen LogP contribution in [0.25, 0.3) is 16.2 Å². The number of nitrogens with zero attached hydrogens (tertiary/aromatic N) is 3. The van der Waals surface area contributed by atoms with Gasteiger partial charge in [-0.1, -0.05) is 35.6 Å². The molecule has 0 bridgehead atoms. The summed E-state index contributed by atoms with van der Waals surface area (Å²) < 4.78 is 20.8. The van der Waals surface area contributed by atoms with E-state index in [1.165, 1.54) is 23.5 Å². The molecule has 1 N–H and O–H groups in total. The van der Waals surface area contributed by atoms with Crippen LogP contribution in [0, 0.1) is 12.7 Å². The van der Waals surface area contributed by atoms with E-state index in [0.717, 1.165) is 34.0 Å². The lowest BCUT2D eigenvalue weighted by Gasteiger charge is -2.13. The lowest BCUT2D eigenvalue weighted by molar-refractivity contribution is 0.0531. The minimum Gasteiger partial charge on any atom is -0.462 e. The van der Waals surface area contributed by atoms with E-state index in [9.17, 15) is 9.18 Å². The molecule has 6 nitrogen and oxygen atoms in total. The van der Waals surface area contributed by atoms with Crippen LogP contribution in [0.5, 0.6) is 0 Å². The Balaban J connectivity index is 1.79. The monoisotopic (exact) mass is 452 g/mol. The number of carbonyl (C=O) groups excluding carboxylic acids is 1. The fraction of sp³-hybridized carbons (Fsp3) is 0.250. The first-order valence-corrected chi connectivity index (χ1v) is 11.2. The van der Waals surface area contributed by atoms with Crippen molar-refractivity contribution in [3.05, 3.63) is 70.5 Å². The highest BCUT2D eigenvalue weighted by Crippen LogP contribution is 2.35. The van der Waals surface area contributed by atoms with Crippen molar-refractivity contribution < 1.29 is 13.9 Å². The summed E-state index contributed by atoms with van der Waals surface area (Å²) in [6.07, 6.45) is 0. The fourth-order valence-corrected chi connectivity index (χ4v) is 4.57. The summed E-state index contributed by atoms with van der Waals surface area (Å²) in [7, 11) is 3.99. The molecule has 0 atom stereocenters. The number of halogens is 1. The van der Waals surface area contributed by atoms with Crippen LogP contribution >= 0.6 is 11.3 Å². The molecule has 8 heteroatoms. The molecule has 0 unspecified atom stereocenters. The number of fused-ring (bicyclic) bond motifs is 1. The number of thiazole rings is 1. The molecule has 32 heavy (non-hydrogen) atoms. The molecule has 4 aromatic rings. The van der Waals surface area contributed by atoms with Crippen molar-refractivity contribution in [2.45, 2.75) is 20.4 Å². The molecule has 0 spiro atoms. The van der Waals surface area contributed by atoms with Gasteiger partial charge in [0, 0.05) is 37.6 Å². The zero-order chi connectivity index (χ0) is 22.8. The molecule has 0 saturated carbocycles. The number of aromatic nitrogens is 2. The van der Waals surface area contributed by atoms with Crippen LogP contribution in [0.4, 0.5) is 15.9 Å². The van der Waals surface area contributed by atoms with Crippen molar-refractivity contribution >= 4 is 33.8 Å². The molecule has 2 aromatic heterocycles. The van der Waals surface area contributed by atoms with Crippen LogP contribution in [0.1, 0.15) is 27.9 Å². The predicted octanol–water partition coefficient (Wildman–Crippen LogP) is 5.37. The first kappa shape index (κ1) is 21.8. The normalized spacial score (nSPS) is 11.0. The first-order chi connectivity index (χ1) is 15.4. The van der Waals surface area contributed by atoms with Gasteiger partial charge in [-0.15, -0.1) is 0 Å². The highest BCUT2D eigenvalue weighted by Gasteiger charge is 2.23. The molecule has 4 rings (SSSR count). The summed E-state index contributed by atoms with van der Waals surface area (Å²) in [5, 5.41) is 3.42. The Hall–Kier alpha value is -3.39. The van der Waals surface area contributed by atoms with Crippen molar-refractivity contribution in [3.63, 3.8) is 0 Å². The second-order valence-electron chi connectivity index (χ2n) is 7.59. The highest BCUT2D eigenvalue weighted by atomic mass is 32.1. The molecule has 0 amide bonds. The molecule has 0 aliphatic carbocycles. The van der Waals surface area contributed by atoms with Crippen molar-refractivity contribution in [2.75, 3.05) is 30.9 Å². The summed E-state index contributed by atoms with van der Waals surface area (Å²) in [5.41, 5.74) is 4.38. The van der Waals surface area contributed by atoms with Gasteiger partial charge in [-0.2, -0.15) is 0 Å². The van der Waals surface area contributed by atoms with Crippen molar-refractivity contribution in [1.29, 1.82) is 0 Å². The number of anilines is 2. The van der Waals surface area contributed by atoms with Gasteiger partial charge in [0.2, 0.25) is 0 Å².